The Balaban J connectivity index is 1.33. The van der Waals surface area contributed by atoms with Crippen molar-refractivity contribution in [1.29, 1.82) is 0 Å². The summed E-state index contributed by atoms with van der Waals surface area (Å²) in [5.41, 5.74) is 4.05. The molecule has 2 atom stereocenters. The number of unbranched alkanes of at least 4 members (excludes halogenated alkanes) is 2. The quantitative estimate of drug-likeness (QED) is 0.211. The molecule has 2 fully saturated rings. The van der Waals surface area contributed by atoms with Crippen molar-refractivity contribution in [3.05, 3.63) is 53.7 Å². The molecule has 3 amide bonds. The zero-order chi connectivity index (χ0) is 32.1. The first-order valence-electron chi connectivity index (χ1n) is 16.7. The number of carbonyl (C=O) groups is 2. The molecule has 0 spiro atoms. The fourth-order valence-corrected chi connectivity index (χ4v) is 6.83. The second kappa shape index (κ2) is 14.6. The van der Waals surface area contributed by atoms with Gasteiger partial charge in [0.15, 0.2) is 11.5 Å². The summed E-state index contributed by atoms with van der Waals surface area (Å²) in [5.74, 6) is 1.47. The molecule has 9 heteroatoms. The molecule has 0 bridgehead atoms. The second-order valence-electron chi connectivity index (χ2n) is 12.7. The van der Waals surface area contributed by atoms with Crippen molar-refractivity contribution in [3.8, 4) is 11.5 Å². The van der Waals surface area contributed by atoms with E-state index in [9.17, 15) is 9.59 Å². The van der Waals surface area contributed by atoms with E-state index in [0.717, 1.165) is 79.5 Å². The van der Waals surface area contributed by atoms with E-state index in [4.69, 9.17) is 9.47 Å². The fourth-order valence-electron chi connectivity index (χ4n) is 6.83. The molecule has 2 aliphatic rings. The minimum atomic E-state index is -0.0144. The Morgan fingerprint density at radius 3 is 2.62 bits per heavy atom. The van der Waals surface area contributed by atoms with E-state index in [2.05, 4.69) is 55.5 Å². The summed E-state index contributed by atoms with van der Waals surface area (Å²) >= 11 is 0. The Hall–Kier alpha value is -3.72. The lowest BCUT2D eigenvalue weighted by Crippen LogP contribution is -2.53. The van der Waals surface area contributed by atoms with Gasteiger partial charge in [-0.2, -0.15) is 0 Å². The van der Waals surface area contributed by atoms with Crippen molar-refractivity contribution >= 4 is 28.5 Å². The van der Waals surface area contributed by atoms with Gasteiger partial charge in [0.2, 0.25) is 5.91 Å². The monoisotopic (exact) mass is 617 g/mol. The molecule has 2 aliphatic heterocycles. The zero-order valence-electron chi connectivity index (χ0n) is 28.1. The number of rotatable bonds is 13. The predicted octanol–water partition coefficient (Wildman–Crippen LogP) is 6.30. The van der Waals surface area contributed by atoms with Crippen LogP contribution in [0, 0.1) is 6.92 Å². The number of anilines is 1. The standard InChI is InChI=1S/C36H51N5O4/c1-7-9-10-20-45-33-21-29(14-15-32(33)44-6)40-19-16-27(4)41(36(40)43)23-28-12-11-13-31-35(28)26(3)22-39(31)25-34(42)37(5)30-17-18-38(8-2)24-30/h11-15,21-22,27,30H,7-10,16-20,23-25H2,1-6H3/t27-,30?/m0/s1. The van der Waals surface area contributed by atoms with E-state index in [1.54, 1.807) is 7.11 Å². The van der Waals surface area contributed by atoms with Crippen LogP contribution in [0.25, 0.3) is 10.9 Å². The lowest BCUT2D eigenvalue weighted by Gasteiger charge is -2.40. The number of methoxy groups -OCH3 is 1. The summed E-state index contributed by atoms with van der Waals surface area (Å²) in [7, 11) is 3.58. The van der Waals surface area contributed by atoms with Crippen LogP contribution in [0.1, 0.15) is 64.0 Å². The Labute approximate surface area is 268 Å². The second-order valence-corrected chi connectivity index (χ2v) is 12.7. The largest absolute Gasteiger partial charge is 0.493 e. The number of amides is 3. The van der Waals surface area contributed by atoms with Crippen LogP contribution >= 0.6 is 0 Å². The van der Waals surface area contributed by atoms with E-state index in [1.807, 2.05) is 46.0 Å². The van der Waals surface area contributed by atoms with Gasteiger partial charge in [-0.25, -0.2) is 4.79 Å². The minimum absolute atomic E-state index is 0.0144. The van der Waals surface area contributed by atoms with Crippen LogP contribution in [-0.2, 0) is 17.9 Å². The highest BCUT2D eigenvalue weighted by Gasteiger charge is 2.33. The van der Waals surface area contributed by atoms with Gasteiger partial charge >= 0.3 is 6.03 Å². The predicted molar refractivity (Wildman–Crippen MR) is 180 cm³/mol. The number of likely N-dealkylation sites (tertiary alicyclic amines) is 1. The number of aryl methyl sites for hydroxylation is 1. The SMILES string of the molecule is CCCCCOc1cc(N2CC[C@H](C)N(Cc3cccc4c3c(C)cn4CC(=O)N(C)C3CCN(CC)C3)C2=O)ccc1OC. The molecule has 0 aliphatic carbocycles. The lowest BCUT2D eigenvalue weighted by atomic mass is 10.0. The maximum Gasteiger partial charge on any atom is 0.325 e. The Kier molecular flexibility index (Phi) is 10.6. The number of hydrogen-bond acceptors (Lipinski definition) is 5. The van der Waals surface area contributed by atoms with Gasteiger partial charge in [-0.05, 0) is 69.0 Å². The van der Waals surface area contributed by atoms with Gasteiger partial charge in [-0.3, -0.25) is 9.69 Å². The summed E-state index contributed by atoms with van der Waals surface area (Å²) in [6, 6.07) is 12.3. The summed E-state index contributed by atoms with van der Waals surface area (Å²) in [6.45, 7) is 13.6. The summed E-state index contributed by atoms with van der Waals surface area (Å²) < 4.78 is 13.7. The van der Waals surface area contributed by atoms with Crippen molar-refractivity contribution in [2.75, 3.05) is 51.8 Å². The molecule has 1 aromatic heterocycles. The van der Waals surface area contributed by atoms with Crippen LogP contribution in [-0.4, -0.2) is 90.2 Å². The number of fused-ring (bicyclic) bond motifs is 1. The first-order valence-corrected chi connectivity index (χ1v) is 16.7. The highest BCUT2D eigenvalue weighted by Crippen LogP contribution is 2.35. The number of hydrogen-bond donors (Lipinski definition) is 0. The number of likely N-dealkylation sites (N-methyl/N-ethyl adjacent to an activating group) is 2. The number of urea groups is 1. The van der Waals surface area contributed by atoms with Gasteiger partial charge in [0.05, 0.1) is 13.7 Å². The molecular weight excluding hydrogens is 566 g/mol. The summed E-state index contributed by atoms with van der Waals surface area (Å²) in [5, 5.41) is 1.12. The summed E-state index contributed by atoms with van der Waals surface area (Å²) in [4.78, 5) is 35.6. The average molecular weight is 618 g/mol. The van der Waals surface area contributed by atoms with Crippen LogP contribution < -0.4 is 14.4 Å². The Morgan fingerprint density at radius 1 is 1.07 bits per heavy atom. The molecule has 3 heterocycles. The van der Waals surface area contributed by atoms with Crippen LogP contribution in [0.2, 0.25) is 0 Å². The highest BCUT2D eigenvalue weighted by molar-refractivity contribution is 5.94. The maximum atomic E-state index is 14.0. The maximum absolute atomic E-state index is 14.0. The lowest BCUT2D eigenvalue weighted by molar-refractivity contribution is -0.132. The van der Waals surface area contributed by atoms with Crippen LogP contribution in [0.3, 0.4) is 0 Å². The number of ether oxygens (including phenoxy) is 2. The molecule has 2 aromatic carbocycles. The van der Waals surface area contributed by atoms with Gasteiger partial charge in [0, 0.05) is 74.2 Å². The van der Waals surface area contributed by atoms with E-state index >= 15 is 0 Å². The molecule has 45 heavy (non-hydrogen) atoms. The number of benzene rings is 2. The number of nitrogens with zero attached hydrogens (tertiary/aromatic N) is 5. The Bertz CT molecular complexity index is 1490. The minimum Gasteiger partial charge on any atom is -0.493 e. The molecule has 2 saturated heterocycles. The summed E-state index contributed by atoms with van der Waals surface area (Å²) in [6.07, 6.45) is 7.18. The van der Waals surface area contributed by atoms with Crippen molar-refractivity contribution in [3.63, 3.8) is 0 Å². The molecule has 0 N–H and O–H groups in total. The van der Waals surface area contributed by atoms with E-state index < -0.39 is 0 Å². The van der Waals surface area contributed by atoms with Gasteiger partial charge in [0.1, 0.15) is 6.54 Å². The first kappa shape index (κ1) is 32.7. The zero-order valence-corrected chi connectivity index (χ0v) is 28.1. The van der Waals surface area contributed by atoms with Crippen molar-refractivity contribution in [1.82, 2.24) is 19.3 Å². The van der Waals surface area contributed by atoms with E-state index in [-0.39, 0.29) is 24.0 Å². The Morgan fingerprint density at radius 2 is 1.89 bits per heavy atom. The third kappa shape index (κ3) is 7.08. The third-order valence-electron chi connectivity index (χ3n) is 9.71. The molecular formula is C36H51N5O4. The van der Waals surface area contributed by atoms with Gasteiger partial charge < -0.3 is 28.7 Å². The topological polar surface area (TPSA) is 70.5 Å². The van der Waals surface area contributed by atoms with Gasteiger partial charge in [-0.1, -0.05) is 38.8 Å². The molecule has 9 nitrogen and oxygen atoms in total. The third-order valence-corrected chi connectivity index (χ3v) is 9.71. The van der Waals surface area contributed by atoms with E-state index in [0.29, 0.717) is 37.7 Å². The van der Waals surface area contributed by atoms with Gasteiger partial charge in [-0.15, -0.1) is 0 Å². The normalized spacial score (nSPS) is 19.0. The van der Waals surface area contributed by atoms with Crippen LogP contribution in [0.15, 0.2) is 42.6 Å². The van der Waals surface area contributed by atoms with Crippen molar-refractivity contribution in [2.45, 2.75) is 85.0 Å². The average Bonchev–Trinajstić information content (AvgIpc) is 3.65. The smallest absolute Gasteiger partial charge is 0.325 e. The van der Waals surface area contributed by atoms with Crippen molar-refractivity contribution < 1.29 is 19.1 Å². The fraction of sp³-hybridized carbons (Fsp3) is 0.556. The molecule has 244 valence electrons. The van der Waals surface area contributed by atoms with Crippen LogP contribution in [0.5, 0.6) is 11.5 Å². The first-order chi connectivity index (χ1) is 21.7. The molecule has 5 rings (SSSR count). The molecule has 3 aromatic rings. The highest BCUT2D eigenvalue weighted by atomic mass is 16.5. The molecule has 1 unspecified atom stereocenters. The number of aromatic nitrogens is 1. The molecule has 0 radical (unpaired) electrons. The van der Waals surface area contributed by atoms with Crippen molar-refractivity contribution in [2.24, 2.45) is 0 Å². The van der Waals surface area contributed by atoms with E-state index in [1.165, 1.54) is 0 Å². The molecule has 0 saturated carbocycles. The van der Waals surface area contributed by atoms with Crippen LogP contribution in [0.4, 0.5) is 10.5 Å². The number of carbonyl (C=O) groups excluding carboxylic acids is 2. The van der Waals surface area contributed by atoms with Gasteiger partial charge in [0.25, 0.3) is 0 Å².